The predicted octanol–water partition coefficient (Wildman–Crippen LogP) is 4.04. The van der Waals surface area contributed by atoms with E-state index in [9.17, 15) is 24.3 Å². The van der Waals surface area contributed by atoms with Gasteiger partial charge in [-0.15, -0.1) is 0 Å². The SMILES string of the molecule is CCC(=O)OCC(=O)[C@]1(OC(=O)CC)[C@@H](C)C[C@H]2[C@@H]3CCC4=CC(=O)CC[C@]4(C)[C@@]3(F)[C@@H](O)C[C@@]21C. The highest BCUT2D eigenvalue weighted by Gasteiger charge is 2.77. The Morgan fingerprint density at radius 2 is 1.78 bits per heavy atom. The lowest BCUT2D eigenvalue weighted by Crippen LogP contribution is -2.70. The number of carbonyl (C=O) groups excluding carboxylic acids is 4. The Labute approximate surface area is 212 Å². The summed E-state index contributed by atoms with van der Waals surface area (Å²) in [5.74, 6) is -2.99. The molecule has 0 aromatic heterocycles. The summed E-state index contributed by atoms with van der Waals surface area (Å²) < 4.78 is 28.6. The monoisotopic (exact) mass is 506 g/mol. The summed E-state index contributed by atoms with van der Waals surface area (Å²) in [6.45, 7) is 8.20. The molecule has 8 heteroatoms. The first-order chi connectivity index (χ1) is 16.8. The molecule has 0 bridgehead atoms. The van der Waals surface area contributed by atoms with Crippen molar-refractivity contribution in [3.63, 3.8) is 0 Å². The summed E-state index contributed by atoms with van der Waals surface area (Å²) in [5, 5.41) is 11.6. The van der Waals surface area contributed by atoms with Gasteiger partial charge < -0.3 is 14.6 Å². The topological polar surface area (TPSA) is 107 Å². The molecule has 0 aromatic rings. The van der Waals surface area contributed by atoms with Crippen molar-refractivity contribution in [1.82, 2.24) is 0 Å². The Kier molecular flexibility index (Phi) is 6.76. The number of hydrogen-bond donors (Lipinski definition) is 1. The maximum Gasteiger partial charge on any atom is 0.306 e. The average Bonchev–Trinajstić information content (AvgIpc) is 3.05. The first kappa shape index (κ1) is 27.0. The van der Waals surface area contributed by atoms with Gasteiger partial charge in [-0.05, 0) is 44.1 Å². The van der Waals surface area contributed by atoms with Crippen molar-refractivity contribution in [1.29, 1.82) is 0 Å². The summed E-state index contributed by atoms with van der Waals surface area (Å²) in [4.78, 5) is 50.4. The standard InChI is InChI=1S/C28H39FO7/c1-6-23(33)35-15-22(32)28(36-24(34)7-2)16(3)12-20-19-9-8-17-13-18(30)10-11-25(17,4)27(19,29)21(31)14-26(20,28)5/h13,16,19-21,31H,6-12,14-15H2,1-5H3/t16-,19-,20-,21-,25-,26-,27-,28+/m0/s1. The number of Topliss-reactive ketones (excluding diaryl/α,β-unsaturated/α-hetero) is 1. The number of carbonyl (C=O) groups is 4. The van der Waals surface area contributed by atoms with Crippen molar-refractivity contribution in [2.45, 2.75) is 103 Å². The molecule has 4 aliphatic rings. The van der Waals surface area contributed by atoms with Crippen molar-refractivity contribution in [2.24, 2.45) is 28.6 Å². The van der Waals surface area contributed by atoms with E-state index in [0.29, 0.717) is 25.7 Å². The maximum atomic E-state index is 17.4. The quantitative estimate of drug-likeness (QED) is 0.542. The zero-order chi connectivity index (χ0) is 26.7. The fourth-order valence-electron chi connectivity index (χ4n) is 8.37. The Morgan fingerprint density at radius 3 is 2.42 bits per heavy atom. The fraction of sp³-hybridized carbons (Fsp3) is 0.786. The number of allylic oxidation sites excluding steroid dienone is 1. The van der Waals surface area contributed by atoms with Crippen molar-refractivity contribution in [3.8, 4) is 0 Å². The van der Waals surface area contributed by atoms with Gasteiger partial charge in [-0.25, -0.2) is 4.39 Å². The van der Waals surface area contributed by atoms with Crippen LogP contribution in [-0.2, 0) is 28.7 Å². The largest absolute Gasteiger partial charge is 0.457 e. The van der Waals surface area contributed by atoms with Crippen LogP contribution >= 0.6 is 0 Å². The van der Waals surface area contributed by atoms with Crippen molar-refractivity contribution in [3.05, 3.63) is 11.6 Å². The second-order valence-electron chi connectivity index (χ2n) is 11.8. The molecule has 8 atom stereocenters. The molecule has 3 saturated carbocycles. The molecule has 0 unspecified atom stereocenters. The zero-order valence-corrected chi connectivity index (χ0v) is 22.0. The minimum atomic E-state index is -1.97. The highest BCUT2D eigenvalue weighted by atomic mass is 19.1. The second kappa shape index (κ2) is 9.03. The normalized spacial score (nSPS) is 43.5. The number of halogens is 1. The Morgan fingerprint density at radius 1 is 1.11 bits per heavy atom. The average molecular weight is 507 g/mol. The first-order valence-electron chi connectivity index (χ1n) is 13.3. The van der Waals surface area contributed by atoms with Crippen LogP contribution in [0.15, 0.2) is 11.6 Å². The van der Waals surface area contributed by atoms with E-state index in [0.717, 1.165) is 5.57 Å². The summed E-state index contributed by atoms with van der Waals surface area (Å²) in [6, 6.07) is 0. The number of rotatable bonds is 6. The van der Waals surface area contributed by atoms with Crippen LogP contribution in [0.5, 0.6) is 0 Å². The molecular weight excluding hydrogens is 467 g/mol. The van der Waals surface area contributed by atoms with E-state index in [-0.39, 0.29) is 37.4 Å². The maximum absolute atomic E-state index is 17.4. The number of ketones is 2. The molecular formula is C28H39FO7. The first-order valence-corrected chi connectivity index (χ1v) is 13.3. The van der Waals surface area contributed by atoms with Gasteiger partial charge in [0.05, 0.1) is 6.10 Å². The molecule has 0 heterocycles. The Bertz CT molecular complexity index is 1010. The molecule has 3 fully saturated rings. The number of esters is 2. The lowest BCUT2D eigenvalue weighted by atomic mass is 9.43. The molecule has 0 amide bonds. The van der Waals surface area contributed by atoms with Crippen LogP contribution in [0.4, 0.5) is 4.39 Å². The number of fused-ring (bicyclic) bond motifs is 5. The van der Waals surface area contributed by atoms with Gasteiger partial charge in [0.25, 0.3) is 0 Å². The van der Waals surface area contributed by atoms with E-state index < -0.39 is 64.4 Å². The van der Waals surface area contributed by atoms with Gasteiger partial charge in [0.2, 0.25) is 5.78 Å². The highest BCUT2D eigenvalue weighted by molar-refractivity contribution is 5.94. The lowest BCUT2D eigenvalue weighted by molar-refractivity contribution is -0.235. The number of hydrogen-bond acceptors (Lipinski definition) is 7. The third-order valence-electron chi connectivity index (χ3n) is 10.2. The molecule has 4 rings (SSSR count). The van der Waals surface area contributed by atoms with Gasteiger partial charge in [0.1, 0.15) is 5.67 Å². The smallest absolute Gasteiger partial charge is 0.306 e. The number of alkyl halides is 1. The molecule has 0 saturated heterocycles. The van der Waals surface area contributed by atoms with Crippen LogP contribution in [-0.4, -0.2) is 52.6 Å². The van der Waals surface area contributed by atoms with E-state index >= 15 is 4.39 Å². The molecule has 36 heavy (non-hydrogen) atoms. The number of aliphatic hydroxyl groups excluding tert-OH is 1. The second-order valence-corrected chi connectivity index (χ2v) is 11.8. The Hall–Kier alpha value is -2.09. The highest BCUT2D eigenvalue weighted by Crippen LogP contribution is 2.72. The summed E-state index contributed by atoms with van der Waals surface area (Å²) >= 11 is 0. The minimum absolute atomic E-state index is 0.00753. The fourth-order valence-corrected chi connectivity index (χ4v) is 8.37. The van der Waals surface area contributed by atoms with Gasteiger partial charge in [0, 0.05) is 41.9 Å². The molecule has 0 aliphatic heterocycles. The summed E-state index contributed by atoms with van der Waals surface area (Å²) in [6.07, 6.45) is 2.24. The molecule has 200 valence electrons. The predicted molar refractivity (Wildman–Crippen MR) is 128 cm³/mol. The van der Waals surface area contributed by atoms with E-state index in [4.69, 9.17) is 9.47 Å². The number of aliphatic hydroxyl groups is 1. The van der Waals surface area contributed by atoms with Gasteiger partial charge in [-0.1, -0.05) is 40.2 Å². The van der Waals surface area contributed by atoms with Crippen LogP contribution in [0.25, 0.3) is 0 Å². The Balaban J connectivity index is 1.79. The zero-order valence-electron chi connectivity index (χ0n) is 22.0. The van der Waals surface area contributed by atoms with Crippen LogP contribution < -0.4 is 0 Å². The molecule has 0 spiro atoms. The van der Waals surface area contributed by atoms with E-state index in [1.807, 2.05) is 20.8 Å². The van der Waals surface area contributed by atoms with Gasteiger partial charge >= 0.3 is 11.9 Å². The third-order valence-corrected chi connectivity index (χ3v) is 10.2. The molecule has 4 aliphatic carbocycles. The van der Waals surface area contributed by atoms with Gasteiger partial charge in [-0.2, -0.15) is 0 Å². The summed E-state index contributed by atoms with van der Waals surface area (Å²) in [7, 11) is 0. The molecule has 0 aromatic carbocycles. The van der Waals surface area contributed by atoms with Crippen molar-refractivity contribution >= 4 is 23.5 Å². The van der Waals surface area contributed by atoms with Crippen molar-refractivity contribution < 1.29 is 38.1 Å². The minimum Gasteiger partial charge on any atom is -0.457 e. The van der Waals surface area contributed by atoms with E-state index in [2.05, 4.69) is 0 Å². The van der Waals surface area contributed by atoms with Gasteiger partial charge in [0.15, 0.2) is 18.0 Å². The lowest BCUT2D eigenvalue weighted by Gasteiger charge is -2.63. The van der Waals surface area contributed by atoms with Crippen LogP contribution in [0.1, 0.15) is 86.0 Å². The molecule has 0 radical (unpaired) electrons. The molecule has 1 N–H and O–H groups in total. The summed E-state index contributed by atoms with van der Waals surface area (Å²) in [5.41, 5.74) is -4.86. The van der Waals surface area contributed by atoms with Crippen molar-refractivity contribution in [2.75, 3.05) is 6.61 Å². The van der Waals surface area contributed by atoms with Crippen LogP contribution in [0.2, 0.25) is 0 Å². The van der Waals surface area contributed by atoms with E-state index in [1.165, 1.54) is 0 Å². The van der Waals surface area contributed by atoms with Crippen LogP contribution in [0.3, 0.4) is 0 Å². The van der Waals surface area contributed by atoms with Crippen LogP contribution in [0, 0.1) is 28.6 Å². The molecule has 7 nitrogen and oxygen atoms in total. The van der Waals surface area contributed by atoms with Gasteiger partial charge in [-0.3, -0.25) is 19.2 Å². The third kappa shape index (κ3) is 3.46. The number of ether oxygens (including phenoxy) is 2. The van der Waals surface area contributed by atoms with E-state index in [1.54, 1.807) is 19.9 Å².